The molecule has 2 aromatic heterocycles. The van der Waals surface area contributed by atoms with Crippen molar-refractivity contribution >= 4 is 45.8 Å². The number of aromatic nitrogens is 3. The summed E-state index contributed by atoms with van der Waals surface area (Å²) in [6.45, 7) is 5.25. The van der Waals surface area contributed by atoms with Crippen molar-refractivity contribution in [3.8, 4) is 0 Å². The van der Waals surface area contributed by atoms with Crippen LogP contribution in [0.1, 0.15) is 48.8 Å². The molecule has 3 rings (SSSR count). The van der Waals surface area contributed by atoms with Crippen LogP contribution in [0.4, 0.5) is 24.8 Å². The summed E-state index contributed by atoms with van der Waals surface area (Å²) in [5.74, 6) is -0.207. The molecule has 33 heavy (non-hydrogen) atoms. The molecule has 0 saturated carbocycles. The Bertz CT molecular complexity index is 1220. The first-order valence-electron chi connectivity index (χ1n) is 9.91. The fourth-order valence-corrected chi connectivity index (χ4v) is 3.42. The van der Waals surface area contributed by atoms with Gasteiger partial charge in [0.15, 0.2) is 0 Å². The molecule has 12 heteroatoms. The van der Waals surface area contributed by atoms with Gasteiger partial charge in [0.05, 0.1) is 28.4 Å². The molecule has 2 heterocycles. The molecule has 0 saturated heterocycles. The van der Waals surface area contributed by atoms with Crippen LogP contribution in [0, 0.1) is 5.41 Å². The molecule has 0 spiro atoms. The van der Waals surface area contributed by atoms with Gasteiger partial charge in [-0.25, -0.2) is 9.97 Å². The molecule has 0 aliphatic rings. The molecule has 1 aromatic carbocycles. The minimum absolute atomic E-state index is 0.0581. The Labute approximate surface area is 192 Å². The number of aromatic amines is 1. The molecule has 3 aromatic rings. The Morgan fingerprint density at radius 2 is 1.94 bits per heavy atom. The molecule has 176 valence electrons. The standard InChI is InChI=1S/C21H23ClF3N7O/c1-20(2,3)32-18-13(17(27)29-9-30-18)15(26)16-14(22)11-5-4-10(8-12(11)31-16)19(33)28-7-6-21(23,24)25/h4-5,8-9,26,31H,6-7H2,1-3H3,(H,28,33)(H3,27,29,30,32). The lowest BCUT2D eigenvalue weighted by Crippen LogP contribution is -2.28. The molecule has 0 aliphatic heterocycles. The van der Waals surface area contributed by atoms with Crippen molar-refractivity contribution in [1.82, 2.24) is 20.3 Å². The molecule has 0 fully saturated rings. The number of rotatable bonds is 6. The number of nitrogens with zero attached hydrogens (tertiary/aromatic N) is 2. The van der Waals surface area contributed by atoms with Gasteiger partial charge in [-0.15, -0.1) is 0 Å². The zero-order valence-electron chi connectivity index (χ0n) is 18.1. The van der Waals surface area contributed by atoms with Crippen molar-refractivity contribution in [1.29, 1.82) is 5.41 Å². The lowest BCUT2D eigenvalue weighted by atomic mass is 10.1. The van der Waals surface area contributed by atoms with E-state index in [4.69, 9.17) is 22.7 Å². The van der Waals surface area contributed by atoms with Crippen LogP contribution in [0.3, 0.4) is 0 Å². The van der Waals surface area contributed by atoms with E-state index in [1.165, 1.54) is 18.5 Å². The normalized spacial score (nSPS) is 12.1. The number of fused-ring (bicyclic) bond motifs is 1. The Kier molecular flexibility index (Phi) is 6.55. The van der Waals surface area contributed by atoms with Crippen molar-refractivity contribution < 1.29 is 18.0 Å². The molecule has 8 nitrogen and oxygen atoms in total. The summed E-state index contributed by atoms with van der Waals surface area (Å²) < 4.78 is 36.9. The van der Waals surface area contributed by atoms with Crippen molar-refractivity contribution in [2.24, 2.45) is 0 Å². The van der Waals surface area contributed by atoms with Crippen molar-refractivity contribution in [3.05, 3.63) is 46.4 Å². The predicted octanol–water partition coefficient (Wildman–Crippen LogP) is 4.50. The second-order valence-electron chi connectivity index (χ2n) is 8.43. The first-order valence-corrected chi connectivity index (χ1v) is 10.3. The summed E-state index contributed by atoms with van der Waals surface area (Å²) >= 11 is 6.51. The number of halogens is 4. The third-order valence-electron chi connectivity index (χ3n) is 4.56. The number of nitrogens with one attached hydrogen (secondary N) is 4. The highest BCUT2D eigenvalue weighted by Crippen LogP contribution is 2.32. The number of carbonyl (C=O) groups excluding carboxylic acids is 1. The van der Waals surface area contributed by atoms with Crippen LogP contribution >= 0.6 is 11.6 Å². The number of nitrogens with two attached hydrogens (primary N) is 1. The van der Waals surface area contributed by atoms with E-state index in [2.05, 4.69) is 25.6 Å². The van der Waals surface area contributed by atoms with Gasteiger partial charge in [0, 0.05) is 28.6 Å². The Balaban J connectivity index is 1.94. The van der Waals surface area contributed by atoms with Crippen molar-refractivity contribution in [2.45, 2.75) is 38.9 Å². The lowest BCUT2D eigenvalue weighted by molar-refractivity contribution is -0.132. The quantitative estimate of drug-likeness (QED) is 0.330. The summed E-state index contributed by atoms with van der Waals surface area (Å²) in [7, 11) is 0. The second kappa shape index (κ2) is 8.89. The van der Waals surface area contributed by atoms with Gasteiger partial charge in [-0.05, 0) is 32.9 Å². The zero-order valence-corrected chi connectivity index (χ0v) is 18.9. The number of alkyl halides is 3. The molecule has 0 aliphatic carbocycles. The van der Waals surface area contributed by atoms with Crippen LogP contribution in [0.15, 0.2) is 24.5 Å². The maximum atomic E-state index is 12.3. The molecular formula is C21H23ClF3N7O. The van der Waals surface area contributed by atoms with E-state index in [0.29, 0.717) is 16.7 Å². The largest absolute Gasteiger partial charge is 0.390 e. The summed E-state index contributed by atoms with van der Waals surface area (Å²) in [4.78, 5) is 23.4. The fourth-order valence-electron chi connectivity index (χ4n) is 3.12. The third-order valence-corrected chi connectivity index (χ3v) is 4.95. The Morgan fingerprint density at radius 3 is 2.58 bits per heavy atom. The van der Waals surface area contributed by atoms with Crippen LogP contribution in [0.25, 0.3) is 10.9 Å². The van der Waals surface area contributed by atoms with Gasteiger partial charge in [-0.2, -0.15) is 13.2 Å². The van der Waals surface area contributed by atoms with E-state index in [-0.39, 0.29) is 38.9 Å². The van der Waals surface area contributed by atoms with E-state index in [1.807, 2.05) is 20.8 Å². The number of nitrogen functional groups attached to an aromatic ring is 1. The average Bonchev–Trinajstić information content (AvgIpc) is 3.01. The van der Waals surface area contributed by atoms with Gasteiger partial charge in [0.25, 0.3) is 5.91 Å². The number of anilines is 2. The Morgan fingerprint density at radius 1 is 1.24 bits per heavy atom. The lowest BCUT2D eigenvalue weighted by Gasteiger charge is -2.23. The SMILES string of the molecule is CC(C)(C)Nc1ncnc(N)c1C(=N)c1[nH]c2cc(C(=O)NCCC(F)(F)F)ccc2c1Cl. The maximum absolute atomic E-state index is 12.3. The highest BCUT2D eigenvalue weighted by molar-refractivity contribution is 6.40. The smallest absolute Gasteiger partial charge is 0.383 e. The van der Waals surface area contributed by atoms with Gasteiger partial charge in [0.1, 0.15) is 18.0 Å². The van der Waals surface area contributed by atoms with E-state index < -0.39 is 25.0 Å². The van der Waals surface area contributed by atoms with Gasteiger partial charge in [-0.1, -0.05) is 17.7 Å². The number of amides is 1. The monoisotopic (exact) mass is 481 g/mol. The van der Waals surface area contributed by atoms with Crippen LogP contribution in [-0.2, 0) is 0 Å². The molecule has 6 N–H and O–H groups in total. The van der Waals surface area contributed by atoms with E-state index in [0.717, 1.165) is 0 Å². The number of H-pyrrole nitrogens is 1. The highest BCUT2D eigenvalue weighted by Gasteiger charge is 2.27. The fraction of sp³-hybridized carbons (Fsp3) is 0.333. The summed E-state index contributed by atoms with van der Waals surface area (Å²) in [5, 5.41) is 14.9. The molecule has 0 radical (unpaired) electrons. The van der Waals surface area contributed by atoms with E-state index >= 15 is 0 Å². The van der Waals surface area contributed by atoms with Gasteiger partial charge < -0.3 is 21.4 Å². The average molecular weight is 482 g/mol. The van der Waals surface area contributed by atoms with E-state index in [9.17, 15) is 18.0 Å². The van der Waals surface area contributed by atoms with Gasteiger partial charge >= 0.3 is 6.18 Å². The van der Waals surface area contributed by atoms with Crippen LogP contribution in [0.5, 0.6) is 0 Å². The second-order valence-corrected chi connectivity index (χ2v) is 8.81. The van der Waals surface area contributed by atoms with Crippen molar-refractivity contribution in [3.63, 3.8) is 0 Å². The number of benzene rings is 1. The number of hydrogen-bond donors (Lipinski definition) is 5. The van der Waals surface area contributed by atoms with Crippen molar-refractivity contribution in [2.75, 3.05) is 17.6 Å². The maximum Gasteiger partial charge on any atom is 0.390 e. The summed E-state index contributed by atoms with van der Waals surface area (Å²) in [6.07, 6.45) is -4.19. The number of carbonyl (C=O) groups is 1. The highest BCUT2D eigenvalue weighted by atomic mass is 35.5. The molecule has 1 amide bonds. The topological polar surface area (TPSA) is 133 Å². The minimum Gasteiger partial charge on any atom is -0.383 e. The van der Waals surface area contributed by atoms with Gasteiger partial charge in [0.2, 0.25) is 0 Å². The Hall–Kier alpha value is -3.34. The number of hydrogen-bond acceptors (Lipinski definition) is 6. The van der Waals surface area contributed by atoms with Crippen LogP contribution in [-0.4, -0.2) is 44.8 Å². The van der Waals surface area contributed by atoms with Crippen LogP contribution in [0.2, 0.25) is 5.02 Å². The van der Waals surface area contributed by atoms with Gasteiger partial charge in [-0.3, -0.25) is 10.2 Å². The first-order chi connectivity index (χ1) is 15.3. The third kappa shape index (κ3) is 5.72. The summed E-state index contributed by atoms with van der Waals surface area (Å²) in [6, 6.07) is 4.47. The van der Waals surface area contributed by atoms with Crippen LogP contribution < -0.4 is 16.4 Å². The first kappa shape index (κ1) is 24.3. The molecule has 0 unspecified atom stereocenters. The van der Waals surface area contributed by atoms with E-state index in [1.54, 1.807) is 6.07 Å². The molecular weight excluding hydrogens is 459 g/mol. The molecule has 0 atom stereocenters. The zero-order chi connectivity index (χ0) is 24.6. The molecule has 0 bridgehead atoms. The summed E-state index contributed by atoms with van der Waals surface area (Å²) in [5.41, 5.74) is 6.69. The minimum atomic E-state index is -4.36. The predicted molar refractivity (Wildman–Crippen MR) is 122 cm³/mol.